The van der Waals surface area contributed by atoms with E-state index < -0.39 is 29.3 Å². The third kappa shape index (κ3) is 2.35. The number of hydrogen-bond acceptors (Lipinski definition) is 6. The summed E-state index contributed by atoms with van der Waals surface area (Å²) in [5.41, 5.74) is -1.19. The van der Waals surface area contributed by atoms with Gasteiger partial charge in [-0.2, -0.15) is 0 Å². The number of methoxy groups -OCH3 is 2. The Morgan fingerprint density at radius 2 is 1.57 bits per heavy atom. The number of Topliss-reactive ketones (excluding diaryl/α,β-unsaturated/α-hetero) is 1. The van der Waals surface area contributed by atoms with E-state index >= 15 is 0 Å². The highest BCUT2D eigenvalue weighted by Crippen LogP contribution is 2.46. The lowest BCUT2D eigenvalue weighted by molar-refractivity contribution is -0.186. The van der Waals surface area contributed by atoms with Gasteiger partial charge in [0.25, 0.3) is 0 Å². The molecule has 21 heavy (non-hydrogen) atoms. The molecule has 3 unspecified atom stereocenters. The van der Waals surface area contributed by atoms with Crippen molar-refractivity contribution < 1.29 is 23.9 Å². The van der Waals surface area contributed by atoms with Gasteiger partial charge in [0, 0.05) is 5.92 Å². The molecule has 2 aliphatic heterocycles. The van der Waals surface area contributed by atoms with Crippen molar-refractivity contribution in [3.05, 3.63) is 0 Å². The van der Waals surface area contributed by atoms with Gasteiger partial charge in [0.2, 0.25) is 0 Å². The van der Waals surface area contributed by atoms with Crippen LogP contribution in [-0.4, -0.2) is 55.5 Å². The Labute approximate surface area is 124 Å². The molecule has 6 nitrogen and oxygen atoms in total. The molecule has 2 heterocycles. The van der Waals surface area contributed by atoms with Crippen LogP contribution in [-0.2, 0) is 23.9 Å². The van der Waals surface area contributed by atoms with Gasteiger partial charge in [-0.3, -0.25) is 14.5 Å². The van der Waals surface area contributed by atoms with Crippen LogP contribution in [0, 0.1) is 11.8 Å². The van der Waals surface area contributed by atoms with E-state index in [4.69, 9.17) is 9.47 Å². The summed E-state index contributed by atoms with van der Waals surface area (Å²) in [6, 6.07) is 0. The largest absolute Gasteiger partial charge is 0.469 e. The summed E-state index contributed by atoms with van der Waals surface area (Å²) < 4.78 is 9.92. The van der Waals surface area contributed by atoms with Gasteiger partial charge < -0.3 is 9.47 Å². The molecule has 0 aromatic carbocycles. The molecule has 2 fully saturated rings. The first-order chi connectivity index (χ1) is 9.99. The van der Waals surface area contributed by atoms with Crippen LogP contribution in [0.3, 0.4) is 0 Å². The first kappa shape index (κ1) is 15.9. The lowest BCUT2D eigenvalue weighted by Gasteiger charge is -2.54. The molecular formula is C15H23NO5. The monoisotopic (exact) mass is 297 g/mol. The molecule has 6 heteroatoms. The van der Waals surface area contributed by atoms with Gasteiger partial charge in [-0.05, 0) is 45.7 Å². The zero-order chi connectivity index (χ0) is 15.6. The molecule has 118 valence electrons. The van der Waals surface area contributed by atoms with Gasteiger partial charge in [0.15, 0.2) is 0 Å². The summed E-state index contributed by atoms with van der Waals surface area (Å²) in [5.74, 6) is -2.14. The molecule has 2 rings (SSSR count). The molecule has 0 radical (unpaired) electrons. The van der Waals surface area contributed by atoms with Crippen LogP contribution in [0.4, 0.5) is 0 Å². The predicted molar refractivity (Wildman–Crippen MR) is 74.5 cm³/mol. The third-order valence-corrected chi connectivity index (χ3v) is 4.92. The Bertz CT molecular complexity index is 447. The highest BCUT2D eigenvalue weighted by atomic mass is 16.5. The second-order valence-electron chi connectivity index (χ2n) is 5.83. The smallest absolute Gasteiger partial charge is 0.327 e. The maximum atomic E-state index is 12.6. The Morgan fingerprint density at radius 3 is 2.05 bits per heavy atom. The summed E-state index contributed by atoms with van der Waals surface area (Å²) in [7, 11) is 2.63. The minimum absolute atomic E-state index is 0.0686. The fourth-order valence-electron chi connectivity index (χ4n) is 4.11. The number of rotatable bonds is 3. The van der Waals surface area contributed by atoms with Crippen molar-refractivity contribution in [3.8, 4) is 0 Å². The van der Waals surface area contributed by atoms with Crippen LogP contribution >= 0.6 is 0 Å². The lowest BCUT2D eigenvalue weighted by Crippen LogP contribution is -2.71. The van der Waals surface area contributed by atoms with Crippen molar-refractivity contribution in [2.75, 3.05) is 27.3 Å². The molecule has 3 atom stereocenters. The van der Waals surface area contributed by atoms with Gasteiger partial charge in [-0.15, -0.1) is 0 Å². The Kier molecular flexibility index (Phi) is 4.66. The van der Waals surface area contributed by atoms with Crippen LogP contribution in [0.15, 0.2) is 0 Å². The van der Waals surface area contributed by atoms with Crippen LogP contribution in [0.5, 0.6) is 0 Å². The molecule has 0 bridgehead atoms. The van der Waals surface area contributed by atoms with Crippen molar-refractivity contribution in [3.63, 3.8) is 0 Å². The van der Waals surface area contributed by atoms with Crippen molar-refractivity contribution in [1.29, 1.82) is 0 Å². The number of fused-ring (bicyclic) bond motifs is 1. The summed E-state index contributed by atoms with van der Waals surface area (Å²) in [6.07, 6.45) is 2.80. The fraction of sp³-hybridized carbons (Fsp3) is 0.800. The highest BCUT2D eigenvalue weighted by Gasteiger charge is 2.63. The summed E-state index contributed by atoms with van der Waals surface area (Å²) in [6.45, 7) is 2.89. The molecule has 0 aliphatic carbocycles. The lowest BCUT2D eigenvalue weighted by atomic mass is 9.63. The van der Waals surface area contributed by atoms with Crippen LogP contribution in [0.25, 0.3) is 0 Å². The molecular weight excluding hydrogens is 274 g/mol. The quantitative estimate of drug-likeness (QED) is 0.717. The van der Waals surface area contributed by atoms with Gasteiger partial charge >= 0.3 is 11.9 Å². The summed E-state index contributed by atoms with van der Waals surface area (Å²) in [4.78, 5) is 39.0. The standard InChI is InChI=1S/C15H23NO5/c1-10(17)11-6-4-8-16-9-5-7-12(13(18)20-2)15(11,16)14(19)21-3/h11-12H,4-9H2,1-3H3. The van der Waals surface area contributed by atoms with Crippen molar-refractivity contribution >= 4 is 17.7 Å². The maximum absolute atomic E-state index is 12.6. The average Bonchev–Trinajstić information content (AvgIpc) is 2.51. The number of carbonyl (C=O) groups is 3. The highest BCUT2D eigenvalue weighted by molar-refractivity contribution is 5.95. The molecule has 2 aliphatic rings. The second kappa shape index (κ2) is 6.13. The Morgan fingerprint density at radius 1 is 1.00 bits per heavy atom. The van der Waals surface area contributed by atoms with E-state index in [2.05, 4.69) is 0 Å². The number of nitrogens with zero attached hydrogens (tertiary/aromatic N) is 1. The van der Waals surface area contributed by atoms with E-state index in [1.807, 2.05) is 4.90 Å². The van der Waals surface area contributed by atoms with Gasteiger partial charge in [-0.1, -0.05) is 0 Å². The van der Waals surface area contributed by atoms with Crippen LogP contribution < -0.4 is 0 Å². The molecule has 0 N–H and O–H groups in total. The predicted octanol–water partition coefficient (Wildman–Crippen LogP) is 0.782. The molecule has 0 amide bonds. The topological polar surface area (TPSA) is 72.9 Å². The first-order valence-corrected chi connectivity index (χ1v) is 7.41. The number of ether oxygens (including phenoxy) is 2. The van der Waals surface area contributed by atoms with Crippen molar-refractivity contribution in [2.45, 2.75) is 38.1 Å². The zero-order valence-corrected chi connectivity index (χ0v) is 12.9. The van der Waals surface area contributed by atoms with E-state index in [1.54, 1.807) is 0 Å². The van der Waals surface area contributed by atoms with Gasteiger partial charge in [-0.25, -0.2) is 4.79 Å². The van der Waals surface area contributed by atoms with E-state index in [0.29, 0.717) is 25.9 Å². The minimum Gasteiger partial charge on any atom is -0.469 e. The average molecular weight is 297 g/mol. The Hall–Kier alpha value is -1.43. The number of piperidine rings is 2. The minimum atomic E-state index is -1.19. The zero-order valence-electron chi connectivity index (χ0n) is 12.9. The molecule has 0 aromatic heterocycles. The number of esters is 2. The normalized spacial score (nSPS) is 32.9. The molecule has 0 spiro atoms. The first-order valence-electron chi connectivity index (χ1n) is 7.41. The fourth-order valence-corrected chi connectivity index (χ4v) is 4.11. The van der Waals surface area contributed by atoms with Gasteiger partial charge in [0.1, 0.15) is 11.3 Å². The SMILES string of the molecule is COC(=O)C1CCCN2CCCC(C(C)=O)C12C(=O)OC. The van der Waals surface area contributed by atoms with E-state index in [-0.39, 0.29) is 5.78 Å². The third-order valence-electron chi connectivity index (χ3n) is 4.92. The van der Waals surface area contributed by atoms with E-state index in [9.17, 15) is 14.4 Å². The summed E-state index contributed by atoms with van der Waals surface area (Å²) in [5, 5.41) is 0. The molecule has 2 saturated heterocycles. The number of carbonyl (C=O) groups excluding carboxylic acids is 3. The molecule has 0 saturated carbocycles. The Balaban J connectivity index is 2.57. The van der Waals surface area contributed by atoms with Gasteiger partial charge in [0.05, 0.1) is 20.1 Å². The maximum Gasteiger partial charge on any atom is 0.327 e. The van der Waals surface area contributed by atoms with Crippen LogP contribution in [0.2, 0.25) is 0 Å². The van der Waals surface area contributed by atoms with E-state index in [0.717, 1.165) is 12.8 Å². The number of hydrogen-bond donors (Lipinski definition) is 0. The van der Waals surface area contributed by atoms with Crippen molar-refractivity contribution in [2.24, 2.45) is 11.8 Å². The number of ketones is 1. The molecule has 0 aromatic rings. The summed E-state index contributed by atoms with van der Waals surface area (Å²) >= 11 is 0. The van der Waals surface area contributed by atoms with Crippen molar-refractivity contribution in [1.82, 2.24) is 4.90 Å². The van der Waals surface area contributed by atoms with Crippen LogP contribution in [0.1, 0.15) is 32.6 Å². The van der Waals surface area contributed by atoms with E-state index in [1.165, 1.54) is 21.1 Å². The second-order valence-corrected chi connectivity index (χ2v) is 5.83.